The highest BCUT2D eigenvalue weighted by Gasteiger charge is 2.15. The molecule has 1 atom stereocenters. The number of quaternary nitrogens is 1. The van der Waals surface area contributed by atoms with Crippen molar-refractivity contribution in [3.8, 4) is 11.4 Å². The van der Waals surface area contributed by atoms with Gasteiger partial charge in [0.05, 0.1) is 7.05 Å². The van der Waals surface area contributed by atoms with E-state index in [1.165, 1.54) is 16.0 Å². The van der Waals surface area contributed by atoms with Crippen molar-refractivity contribution in [2.45, 2.75) is 39.5 Å². The van der Waals surface area contributed by atoms with Gasteiger partial charge >= 0.3 is 0 Å². The molecule has 0 aliphatic heterocycles. The maximum atomic E-state index is 5.69. The second-order valence-corrected chi connectivity index (χ2v) is 7.80. The van der Waals surface area contributed by atoms with Gasteiger partial charge in [0.15, 0.2) is 12.5 Å². The summed E-state index contributed by atoms with van der Waals surface area (Å²) in [5.74, 6) is 1.38. The quantitative estimate of drug-likeness (QED) is 0.470. The lowest BCUT2D eigenvalue weighted by molar-refractivity contribution is -0.917. The molecule has 5 nitrogen and oxygen atoms in total. The molecule has 6 heteroatoms. The summed E-state index contributed by atoms with van der Waals surface area (Å²) in [6.07, 6.45) is 5.41. The molecule has 0 fully saturated rings. The van der Waals surface area contributed by atoms with E-state index in [0.717, 1.165) is 17.9 Å². The first kappa shape index (κ1) is 20.2. The Hall–Kier alpha value is -2.57. The van der Waals surface area contributed by atoms with Crippen molar-refractivity contribution in [2.24, 2.45) is 0 Å². The third-order valence-corrected chi connectivity index (χ3v) is 5.16. The van der Waals surface area contributed by atoms with Crippen molar-refractivity contribution in [1.82, 2.24) is 19.3 Å². The fraction of sp³-hybridized carbons (Fsp3) is 0.318. The van der Waals surface area contributed by atoms with Gasteiger partial charge in [-0.3, -0.25) is 9.55 Å². The topological polar surface area (TPSA) is 40.1 Å². The van der Waals surface area contributed by atoms with Crippen LogP contribution in [0.15, 0.2) is 61.4 Å². The minimum absolute atomic E-state index is 0.553. The molecule has 2 aromatic heterocycles. The molecule has 0 spiro atoms. The number of benzene rings is 1. The fourth-order valence-electron chi connectivity index (χ4n) is 3.23. The molecule has 28 heavy (non-hydrogen) atoms. The van der Waals surface area contributed by atoms with E-state index >= 15 is 0 Å². The number of rotatable bonds is 8. The summed E-state index contributed by atoms with van der Waals surface area (Å²) in [5, 5.41) is 4.78. The largest absolute Gasteiger partial charge is 0.315 e. The van der Waals surface area contributed by atoms with Gasteiger partial charge < -0.3 is 4.90 Å². The monoisotopic (exact) mass is 394 g/mol. The molecule has 0 saturated heterocycles. The van der Waals surface area contributed by atoms with E-state index in [-0.39, 0.29) is 0 Å². The average Bonchev–Trinajstić information content (AvgIpc) is 2.99. The smallest absolute Gasteiger partial charge is 0.203 e. The molecule has 0 amide bonds. The van der Waals surface area contributed by atoms with Crippen LogP contribution in [0.25, 0.3) is 11.4 Å². The molecule has 3 aromatic rings. The van der Waals surface area contributed by atoms with Crippen LogP contribution in [0.4, 0.5) is 0 Å². The molecule has 0 radical (unpaired) electrons. The van der Waals surface area contributed by atoms with E-state index in [9.17, 15) is 0 Å². The van der Waals surface area contributed by atoms with Crippen molar-refractivity contribution in [3.05, 3.63) is 77.3 Å². The maximum Gasteiger partial charge on any atom is 0.203 e. The van der Waals surface area contributed by atoms with Crippen LogP contribution < -0.4 is 4.90 Å². The first-order valence-corrected chi connectivity index (χ1v) is 9.99. The van der Waals surface area contributed by atoms with E-state index in [1.54, 1.807) is 6.20 Å². The predicted octanol–water partition coefficient (Wildman–Crippen LogP) is 3.46. The molecular formula is C22H28N5S+. The molecule has 1 aromatic carbocycles. The molecule has 3 rings (SSSR count). The lowest BCUT2D eigenvalue weighted by Gasteiger charge is -2.14. The van der Waals surface area contributed by atoms with Crippen molar-refractivity contribution < 1.29 is 4.90 Å². The molecule has 1 unspecified atom stereocenters. The summed E-state index contributed by atoms with van der Waals surface area (Å²) in [5.41, 5.74) is 3.63. The van der Waals surface area contributed by atoms with Gasteiger partial charge in [0.25, 0.3) is 0 Å². The number of pyridine rings is 1. The van der Waals surface area contributed by atoms with Crippen molar-refractivity contribution >= 4 is 12.2 Å². The van der Waals surface area contributed by atoms with E-state index in [1.807, 2.05) is 33.7 Å². The third kappa shape index (κ3) is 4.64. The standard InChI is InChI=1S/C22H27N5S/c1-5-13-26-21(20-7-6-12-23-14-20)24-27(22(26)28)16-25(4)15-18-8-10-19(11-9-18)17(2)3/h5-12,14,17H,1,13,15-16H2,2-4H3/p+1. The Bertz CT molecular complexity index is 970. The molecule has 0 aliphatic rings. The number of nitrogens with one attached hydrogen (secondary N) is 1. The van der Waals surface area contributed by atoms with Crippen molar-refractivity contribution in [1.29, 1.82) is 0 Å². The van der Waals surface area contributed by atoms with Crippen LogP contribution in [0.2, 0.25) is 0 Å². The summed E-state index contributed by atoms with van der Waals surface area (Å²) in [7, 11) is 2.16. The van der Waals surface area contributed by atoms with Gasteiger partial charge in [-0.2, -0.15) is 4.68 Å². The summed E-state index contributed by atoms with van der Waals surface area (Å²) in [6.45, 7) is 10.5. The molecule has 0 aliphatic carbocycles. The normalized spacial score (nSPS) is 12.3. The van der Waals surface area contributed by atoms with Gasteiger partial charge in [0, 0.05) is 30.1 Å². The van der Waals surface area contributed by atoms with Gasteiger partial charge in [-0.15, -0.1) is 11.7 Å². The van der Waals surface area contributed by atoms with Crippen LogP contribution >= 0.6 is 12.2 Å². The van der Waals surface area contributed by atoms with Crippen LogP contribution in [0.3, 0.4) is 0 Å². The van der Waals surface area contributed by atoms with Crippen LogP contribution in [-0.4, -0.2) is 26.4 Å². The summed E-state index contributed by atoms with van der Waals surface area (Å²) in [6, 6.07) is 12.8. The van der Waals surface area contributed by atoms with E-state index < -0.39 is 0 Å². The van der Waals surface area contributed by atoms with Crippen LogP contribution in [0.5, 0.6) is 0 Å². The second-order valence-electron chi connectivity index (χ2n) is 7.43. The fourth-order valence-corrected chi connectivity index (χ4v) is 3.49. The highest BCUT2D eigenvalue weighted by atomic mass is 32.1. The molecule has 0 bridgehead atoms. The zero-order valence-corrected chi connectivity index (χ0v) is 17.6. The van der Waals surface area contributed by atoms with Gasteiger partial charge in [-0.1, -0.05) is 44.2 Å². The first-order chi connectivity index (χ1) is 13.5. The third-order valence-electron chi connectivity index (χ3n) is 4.73. The Morgan fingerprint density at radius 2 is 1.96 bits per heavy atom. The number of hydrogen-bond acceptors (Lipinski definition) is 3. The summed E-state index contributed by atoms with van der Waals surface area (Å²) >= 11 is 5.69. The van der Waals surface area contributed by atoms with Gasteiger partial charge in [0.2, 0.25) is 4.77 Å². The number of aromatic nitrogens is 4. The molecular weight excluding hydrogens is 366 g/mol. The average molecular weight is 395 g/mol. The predicted molar refractivity (Wildman–Crippen MR) is 116 cm³/mol. The lowest BCUT2D eigenvalue weighted by Crippen LogP contribution is -3.07. The first-order valence-electron chi connectivity index (χ1n) is 9.58. The highest BCUT2D eigenvalue weighted by Crippen LogP contribution is 2.17. The Morgan fingerprint density at radius 1 is 1.21 bits per heavy atom. The molecule has 1 N–H and O–H groups in total. The lowest BCUT2D eigenvalue weighted by atomic mass is 10.0. The minimum Gasteiger partial charge on any atom is -0.315 e. The van der Waals surface area contributed by atoms with E-state index in [0.29, 0.717) is 23.9 Å². The van der Waals surface area contributed by atoms with Crippen molar-refractivity contribution in [3.63, 3.8) is 0 Å². The Morgan fingerprint density at radius 3 is 2.57 bits per heavy atom. The number of hydrogen-bond donors (Lipinski definition) is 1. The highest BCUT2D eigenvalue weighted by molar-refractivity contribution is 7.71. The van der Waals surface area contributed by atoms with E-state index in [4.69, 9.17) is 17.3 Å². The van der Waals surface area contributed by atoms with Gasteiger partial charge in [0.1, 0.15) is 6.54 Å². The Labute approximate surface area is 172 Å². The Balaban J connectivity index is 1.79. The van der Waals surface area contributed by atoms with Gasteiger partial charge in [-0.25, -0.2) is 0 Å². The van der Waals surface area contributed by atoms with Gasteiger partial charge in [-0.05, 0) is 35.8 Å². The second kappa shape index (κ2) is 9.08. The molecule has 2 heterocycles. The van der Waals surface area contributed by atoms with E-state index in [2.05, 4.69) is 56.7 Å². The summed E-state index contributed by atoms with van der Waals surface area (Å²) < 4.78 is 4.61. The van der Waals surface area contributed by atoms with Crippen molar-refractivity contribution in [2.75, 3.05) is 7.05 Å². The van der Waals surface area contributed by atoms with Crippen LogP contribution in [-0.2, 0) is 19.8 Å². The molecule has 0 saturated carbocycles. The molecule has 146 valence electrons. The zero-order chi connectivity index (χ0) is 20.1. The van der Waals surface area contributed by atoms with Crippen LogP contribution in [0, 0.1) is 4.77 Å². The number of allylic oxidation sites excluding steroid dienone is 1. The summed E-state index contributed by atoms with van der Waals surface area (Å²) in [4.78, 5) is 5.52. The maximum absolute atomic E-state index is 5.69. The minimum atomic E-state index is 0.553. The number of nitrogens with zero attached hydrogens (tertiary/aromatic N) is 4. The van der Waals surface area contributed by atoms with Crippen LogP contribution in [0.1, 0.15) is 30.9 Å². The Kier molecular flexibility index (Phi) is 6.54. The SMILES string of the molecule is C=CCn1c(-c2cccnc2)nn(C[NH+](C)Cc2ccc(C(C)C)cc2)c1=S. The zero-order valence-electron chi connectivity index (χ0n) is 16.8.